The van der Waals surface area contributed by atoms with Gasteiger partial charge in [0.05, 0.1) is 0 Å². The van der Waals surface area contributed by atoms with Crippen LogP contribution >= 0.6 is 7.92 Å². The lowest BCUT2D eigenvalue weighted by Crippen LogP contribution is -1.93. The summed E-state index contributed by atoms with van der Waals surface area (Å²) in [5, 5.41) is 1.81. The Bertz CT molecular complexity index is 149. The minimum atomic E-state index is 0.209. The van der Waals surface area contributed by atoms with Crippen LogP contribution in [0.2, 0.25) is 0 Å². The Hall–Kier alpha value is 0.170. The topological polar surface area (TPSA) is 0 Å². The number of hydrogen-bond donors (Lipinski definition) is 0. The van der Waals surface area contributed by atoms with Crippen molar-refractivity contribution >= 4 is 7.92 Å². The molecule has 0 nitrogen and oxygen atoms in total. The van der Waals surface area contributed by atoms with Crippen molar-refractivity contribution in [2.75, 3.05) is 12.3 Å². The molecule has 0 rings (SSSR count). The van der Waals surface area contributed by atoms with E-state index in [9.17, 15) is 0 Å². The number of rotatable bonds is 6. The second kappa shape index (κ2) is 7.56. The highest BCUT2D eigenvalue weighted by Crippen LogP contribution is 2.48. The minimum absolute atomic E-state index is 0.209. The van der Waals surface area contributed by atoms with E-state index in [2.05, 4.69) is 34.6 Å². The summed E-state index contributed by atoms with van der Waals surface area (Å²) in [6.45, 7) is 11.6. The predicted molar refractivity (Wildman–Crippen MR) is 65.9 cm³/mol. The Balaban J connectivity index is 4.69. The molecule has 13 heavy (non-hydrogen) atoms. The Morgan fingerprint density at radius 1 is 0.769 bits per heavy atom. The normalized spacial score (nSPS) is 10.6. The molecule has 0 atom stereocenters. The highest BCUT2D eigenvalue weighted by atomic mass is 31.1. The van der Waals surface area contributed by atoms with E-state index in [1.807, 2.05) is 5.31 Å². The van der Waals surface area contributed by atoms with Crippen LogP contribution in [0.3, 0.4) is 0 Å². The van der Waals surface area contributed by atoms with E-state index in [1.54, 1.807) is 5.57 Å². The largest absolute Gasteiger partial charge is 0.0804 e. The lowest BCUT2D eigenvalue weighted by atomic mass is 10.1. The van der Waals surface area contributed by atoms with Crippen LogP contribution in [-0.2, 0) is 0 Å². The molecule has 0 bridgehead atoms. The summed E-state index contributed by atoms with van der Waals surface area (Å²) in [6.07, 6.45) is 6.55. The molecule has 0 amide bonds. The van der Waals surface area contributed by atoms with Crippen LogP contribution in [0.1, 0.15) is 53.9 Å². The van der Waals surface area contributed by atoms with Crippen LogP contribution in [-0.4, -0.2) is 12.3 Å². The zero-order valence-corrected chi connectivity index (χ0v) is 10.9. The molecule has 0 aliphatic carbocycles. The fourth-order valence-electron chi connectivity index (χ4n) is 1.96. The standard InChI is InChI=1S/C12H25P/c1-6-11(7-2)12(8-3)13(9-4)10-5/h6-10H2,1-5H3. The van der Waals surface area contributed by atoms with E-state index in [4.69, 9.17) is 0 Å². The van der Waals surface area contributed by atoms with Gasteiger partial charge in [-0.25, -0.2) is 0 Å². The van der Waals surface area contributed by atoms with E-state index in [-0.39, 0.29) is 7.92 Å². The number of hydrogen-bond acceptors (Lipinski definition) is 0. The fraction of sp³-hybridized carbons (Fsp3) is 0.833. The quantitative estimate of drug-likeness (QED) is 0.530. The van der Waals surface area contributed by atoms with Gasteiger partial charge in [-0.15, -0.1) is 0 Å². The van der Waals surface area contributed by atoms with E-state index in [1.165, 1.54) is 31.6 Å². The molecule has 0 N–H and O–H groups in total. The van der Waals surface area contributed by atoms with Crippen molar-refractivity contribution in [3.63, 3.8) is 0 Å². The third kappa shape index (κ3) is 3.81. The predicted octanol–water partition coefficient (Wildman–Crippen LogP) is 4.99. The Kier molecular flexibility index (Phi) is 7.66. The summed E-state index contributed by atoms with van der Waals surface area (Å²) < 4.78 is 0. The Morgan fingerprint density at radius 2 is 1.23 bits per heavy atom. The molecule has 0 aromatic rings. The summed E-state index contributed by atoms with van der Waals surface area (Å²) >= 11 is 0. The van der Waals surface area contributed by atoms with Gasteiger partial charge in [-0.2, -0.15) is 0 Å². The highest BCUT2D eigenvalue weighted by Gasteiger charge is 2.10. The molecule has 0 aromatic heterocycles. The molecule has 1 heteroatoms. The molecule has 78 valence electrons. The van der Waals surface area contributed by atoms with Crippen molar-refractivity contribution in [2.24, 2.45) is 0 Å². The van der Waals surface area contributed by atoms with Gasteiger partial charge in [-0.05, 0) is 36.9 Å². The zero-order chi connectivity index (χ0) is 10.3. The zero-order valence-electron chi connectivity index (χ0n) is 9.98. The monoisotopic (exact) mass is 200 g/mol. The van der Waals surface area contributed by atoms with Crippen molar-refractivity contribution in [3.05, 3.63) is 10.9 Å². The lowest BCUT2D eigenvalue weighted by molar-refractivity contribution is 0.943. The summed E-state index contributed by atoms with van der Waals surface area (Å²) in [5.41, 5.74) is 1.73. The maximum Gasteiger partial charge on any atom is -0.0303 e. The molecule has 0 spiro atoms. The van der Waals surface area contributed by atoms with Gasteiger partial charge in [0.25, 0.3) is 0 Å². The molecule has 0 saturated carbocycles. The van der Waals surface area contributed by atoms with Gasteiger partial charge in [0, 0.05) is 0 Å². The molecular weight excluding hydrogens is 175 g/mol. The average molecular weight is 200 g/mol. The molecule has 0 aliphatic rings. The van der Waals surface area contributed by atoms with E-state index >= 15 is 0 Å². The van der Waals surface area contributed by atoms with Gasteiger partial charge in [0.15, 0.2) is 0 Å². The van der Waals surface area contributed by atoms with E-state index in [0.29, 0.717) is 0 Å². The average Bonchev–Trinajstić information content (AvgIpc) is 2.18. The first-order valence-corrected chi connectivity index (χ1v) is 7.41. The van der Waals surface area contributed by atoms with Crippen molar-refractivity contribution in [2.45, 2.75) is 53.9 Å². The van der Waals surface area contributed by atoms with Crippen LogP contribution in [0.15, 0.2) is 10.9 Å². The molecule has 0 saturated heterocycles. The first-order chi connectivity index (χ1) is 6.24. The molecule has 0 heterocycles. The Morgan fingerprint density at radius 3 is 1.46 bits per heavy atom. The summed E-state index contributed by atoms with van der Waals surface area (Å²) in [4.78, 5) is 0. The molecular formula is C12H25P. The first-order valence-electron chi connectivity index (χ1n) is 5.70. The van der Waals surface area contributed by atoms with Gasteiger partial charge in [-0.3, -0.25) is 0 Å². The minimum Gasteiger partial charge on any atom is -0.0804 e. The smallest absolute Gasteiger partial charge is 0.0303 e. The summed E-state index contributed by atoms with van der Waals surface area (Å²) in [7, 11) is 0.209. The van der Waals surface area contributed by atoms with Crippen LogP contribution in [0.5, 0.6) is 0 Å². The van der Waals surface area contributed by atoms with Crippen LogP contribution < -0.4 is 0 Å². The number of allylic oxidation sites excluding steroid dienone is 2. The molecule has 0 aliphatic heterocycles. The third-order valence-corrected chi connectivity index (χ3v) is 5.66. The van der Waals surface area contributed by atoms with E-state index in [0.717, 1.165) is 0 Å². The van der Waals surface area contributed by atoms with Crippen molar-refractivity contribution in [1.82, 2.24) is 0 Å². The Labute approximate surface area is 85.6 Å². The van der Waals surface area contributed by atoms with Crippen molar-refractivity contribution < 1.29 is 0 Å². The second-order valence-electron chi connectivity index (χ2n) is 3.28. The van der Waals surface area contributed by atoms with Gasteiger partial charge in [0.1, 0.15) is 0 Å². The maximum atomic E-state index is 2.34. The fourth-order valence-corrected chi connectivity index (χ4v) is 4.38. The van der Waals surface area contributed by atoms with Gasteiger partial charge in [0.2, 0.25) is 0 Å². The van der Waals surface area contributed by atoms with Crippen LogP contribution in [0.25, 0.3) is 0 Å². The van der Waals surface area contributed by atoms with E-state index < -0.39 is 0 Å². The summed E-state index contributed by atoms with van der Waals surface area (Å²) in [6, 6.07) is 0. The SMILES string of the molecule is CCC(CC)=C(CC)P(CC)CC. The van der Waals surface area contributed by atoms with Crippen LogP contribution in [0.4, 0.5) is 0 Å². The maximum absolute atomic E-state index is 2.34. The highest BCUT2D eigenvalue weighted by molar-refractivity contribution is 7.62. The van der Waals surface area contributed by atoms with Gasteiger partial charge in [-0.1, -0.05) is 48.1 Å². The molecule has 0 aromatic carbocycles. The summed E-state index contributed by atoms with van der Waals surface area (Å²) in [5.74, 6) is 0. The molecule has 0 fully saturated rings. The third-order valence-electron chi connectivity index (χ3n) is 2.74. The van der Waals surface area contributed by atoms with Crippen LogP contribution in [0, 0.1) is 0 Å². The first kappa shape index (κ1) is 13.2. The van der Waals surface area contributed by atoms with Crippen molar-refractivity contribution in [1.29, 1.82) is 0 Å². The lowest BCUT2D eigenvalue weighted by Gasteiger charge is -2.20. The second-order valence-corrected chi connectivity index (χ2v) is 6.17. The van der Waals surface area contributed by atoms with Gasteiger partial charge >= 0.3 is 0 Å². The molecule has 0 radical (unpaired) electrons. The van der Waals surface area contributed by atoms with Gasteiger partial charge < -0.3 is 0 Å². The van der Waals surface area contributed by atoms with Crippen molar-refractivity contribution in [3.8, 4) is 0 Å². The molecule has 0 unspecified atom stereocenters.